The molecule has 1 saturated heterocycles. The number of ether oxygens (including phenoxy) is 2. The lowest BCUT2D eigenvalue weighted by Crippen LogP contribution is -2.61. The van der Waals surface area contributed by atoms with Crippen LogP contribution < -0.4 is 0 Å². The van der Waals surface area contributed by atoms with Gasteiger partial charge in [-0.2, -0.15) is 0 Å². The first-order valence-corrected chi connectivity index (χ1v) is 13.7. The van der Waals surface area contributed by atoms with E-state index in [-0.39, 0.29) is 23.0 Å². The molecule has 14 atom stereocenters. The van der Waals surface area contributed by atoms with Crippen molar-refractivity contribution in [3.8, 4) is 0 Å². The average molecular weight is 497 g/mol. The summed E-state index contributed by atoms with van der Waals surface area (Å²) in [6, 6.07) is 0. The summed E-state index contributed by atoms with van der Waals surface area (Å²) in [5.41, 5.74) is 0.484. The van der Waals surface area contributed by atoms with Crippen LogP contribution in [0.1, 0.15) is 78.6 Å². The molecule has 8 nitrogen and oxygen atoms in total. The van der Waals surface area contributed by atoms with Crippen LogP contribution in [-0.2, 0) is 14.3 Å². The van der Waals surface area contributed by atoms with Gasteiger partial charge in [-0.05, 0) is 105 Å². The van der Waals surface area contributed by atoms with Gasteiger partial charge in [-0.3, -0.25) is 0 Å². The third kappa shape index (κ3) is 4.07. The molecule has 0 aromatic heterocycles. The van der Waals surface area contributed by atoms with E-state index < -0.39 is 36.7 Å². The number of aliphatic hydroxyl groups is 4. The number of aliphatic carboxylic acids is 1. The van der Waals surface area contributed by atoms with Crippen molar-refractivity contribution in [2.45, 2.75) is 121 Å². The highest BCUT2D eigenvalue weighted by molar-refractivity contribution is 5.73. The van der Waals surface area contributed by atoms with Crippen molar-refractivity contribution in [2.24, 2.45) is 40.4 Å². The summed E-state index contributed by atoms with van der Waals surface area (Å²) in [5, 5.41) is 50.2. The van der Waals surface area contributed by atoms with Gasteiger partial charge in [-0.25, -0.2) is 4.79 Å². The molecule has 0 aromatic rings. The van der Waals surface area contributed by atoms with Gasteiger partial charge in [0.05, 0.1) is 12.2 Å². The lowest BCUT2D eigenvalue weighted by molar-refractivity contribution is -0.309. The zero-order chi connectivity index (χ0) is 25.3. The maximum absolute atomic E-state index is 11.4. The molecule has 1 heterocycles. The summed E-state index contributed by atoms with van der Waals surface area (Å²) in [6.45, 7) is 6.86. The Bertz CT molecular complexity index is 804. The SMILES string of the molecule is CC(O)C1CCC2C3CCC4C[C@H](O[C@@H]5OC(C(=O)O)[C@@H](O)[C@H](O)[C@H]5O)CCC4(C)C3CCC12C. The largest absolute Gasteiger partial charge is 0.479 e. The number of carboxylic acids is 1. The van der Waals surface area contributed by atoms with E-state index in [4.69, 9.17) is 9.47 Å². The molecule has 5 rings (SSSR count). The van der Waals surface area contributed by atoms with Gasteiger partial charge in [-0.15, -0.1) is 0 Å². The Hall–Kier alpha value is -0.770. The Labute approximate surface area is 208 Å². The minimum absolute atomic E-state index is 0.180. The summed E-state index contributed by atoms with van der Waals surface area (Å²) in [7, 11) is 0. The number of aliphatic hydroxyl groups excluding tert-OH is 4. The molecular weight excluding hydrogens is 452 g/mol. The van der Waals surface area contributed by atoms with Crippen LogP contribution in [0, 0.1) is 40.4 Å². The van der Waals surface area contributed by atoms with Gasteiger partial charge in [-0.1, -0.05) is 13.8 Å². The molecule has 9 unspecified atom stereocenters. The fourth-order valence-electron chi connectivity index (χ4n) is 9.53. The Kier molecular flexibility index (Phi) is 6.80. The number of fused-ring (bicyclic) bond motifs is 5. The van der Waals surface area contributed by atoms with E-state index in [1.54, 1.807) is 0 Å². The Morgan fingerprint density at radius 2 is 1.60 bits per heavy atom. The van der Waals surface area contributed by atoms with Crippen molar-refractivity contribution in [2.75, 3.05) is 0 Å². The molecule has 5 N–H and O–H groups in total. The molecular formula is C27H44O8. The monoisotopic (exact) mass is 496 g/mol. The first-order valence-electron chi connectivity index (χ1n) is 13.7. The summed E-state index contributed by atoms with van der Waals surface area (Å²) in [4.78, 5) is 11.4. The number of hydrogen-bond acceptors (Lipinski definition) is 7. The molecule has 0 spiro atoms. The molecule has 4 saturated carbocycles. The van der Waals surface area contributed by atoms with Gasteiger partial charge in [0.25, 0.3) is 0 Å². The van der Waals surface area contributed by atoms with E-state index in [9.17, 15) is 30.3 Å². The van der Waals surface area contributed by atoms with Crippen molar-refractivity contribution < 1.29 is 39.8 Å². The fraction of sp³-hybridized carbons (Fsp3) is 0.963. The van der Waals surface area contributed by atoms with Crippen molar-refractivity contribution >= 4 is 5.97 Å². The Morgan fingerprint density at radius 1 is 0.914 bits per heavy atom. The predicted octanol–water partition coefficient (Wildman–Crippen LogP) is 2.30. The van der Waals surface area contributed by atoms with E-state index in [0.717, 1.165) is 32.1 Å². The maximum Gasteiger partial charge on any atom is 0.335 e. The molecule has 5 aliphatic rings. The van der Waals surface area contributed by atoms with Gasteiger partial charge in [0, 0.05) is 0 Å². The second-order valence-corrected chi connectivity index (χ2v) is 12.9. The van der Waals surface area contributed by atoms with Gasteiger partial charge in [0.1, 0.15) is 18.3 Å². The van der Waals surface area contributed by atoms with E-state index in [1.165, 1.54) is 25.7 Å². The molecule has 1 aliphatic heterocycles. The summed E-state index contributed by atoms with van der Waals surface area (Å²) >= 11 is 0. The predicted molar refractivity (Wildman–Crippen MR) is 126 cm³/mol. The van der Waals surface area contributed by atoms with Gasteiger partial charge < -0.3 is 35.0 Å². The second-order valence-electron chi connectivity index (χ2n) is 12.9. The average Bonchev–Trinajstić information content (AvgIpc) is 3.17. The molecule has 0 radical (unpaired) electrons. The zero-order valence-electron chi connectivity index (χ0n) is 21.3. The van der Waals surface area contributed by atoms with Crippen LogP contribution in [0.15, 0.2) is 0 Å². The highest BCUT2D eigenvalue weighted by atomic mass is 16.7. The molecule has 0 amide bonds. The highest BCUT2D eigenvalue weighted by Gasteiger charge is 2.61. The lowest BCUT2D eigenvalue weighted by Gasteiger charge is -2.61. The summed E-state index contributed by atoms with van der Waals surface area (Å²) in [6.07, 6.45) is 1.63. The quantitative estimate of drug-likeness (QED) is 0.374. The van der Waals surface area contributed by atoms with Crippen LogP contribution in [0.25, 0.3) is 0 Å². The lowest BCUT2D eigenvalue weighted by atomic mass is 9.44. The molecule has 35 heavy (non-hydrogen) atoms. The smallest absolute Gasteiger partial charge is 0.335 e. The van der Waals surface area contributed by atoms with E-state index in [2.05, 4.69) is 13.8 Å². The van der Waals surface area contributed by atoms with Crippen molar-refractivity contribution in [3.05, 3.63) is 0 Å². The number of carbonyl (C=O) groups is 1. The molecule has 0 bridgehead atoms. The van der Waals surface area contributed by atoms with Crippen molar-refractivity contribution in [1.82, 2.24) is 0 Å². The van der Waals surface area contributed by atoms with Crippen LogP contribution in [-0.4, -0.2) is 74.4 Å². The summed E-state index contributed by atoms with van der Waals surface area (Å²) < 4.78 is 11.4. The van der Waals surface area contributed by atoms with Crippen molar-refractivity contribution in [1.29, 1.82) is 0 Å². The standard InChI is InChI=1S/C27H44O8/c1-13(28)17-6-7-18-16-5-4-14-12-15(8-10-26(14,2)19(16)9-11-27(17,18)3)34-25-22(31)20(29)21(30)23(35-25)24(32)33/h13-23,25,28-31H,4-12H2,1-3H3,(H,32,33)/t13?,14?,15-,16?,17?,18?,19?,20+,21+,22-,23?,25-,26?,27?/m1/s1. The summed E-state index contributed by atoms with van der Waals surface area (Å²) in [5.74, 6) is 1.60. The minimum atomic E-state index is -1.70. The van der Waals surface area contributed by atoms with Gasteiger partial charge in [0.15, 0.2) is 12.4 Å². The third-order valence-electron chi connectivity index (χ3n) is 11.4. The third-order valence-corrected chi connectivity index (χ3v) is 11.4. The van der Waals surface area contributed by atoms with Crippen molar-refractivity contribution in [3.63, 3.8) is 0 Å². The van der Waals surface area contributed by atoms with E-state index in [1.807, 2.05) is 6.92 Å². The number of rotatable bonds is 4. The second kappa shape index (κ2) is 9.21. The molecule has 0 aromatic carbocycles. The van der Waals surface area contributed by atoms with Crippen LogP contribution in [0.4, 0.5) is 0 Å². The molecule has 5 fully saturated rings. The Morgan fingerprint density at radius 3 is 2.29 bits per heavy atom. The Balaban J connectivity index is 1.26. The van der Waals surface area contributed by atoms with Crippen LogP contribution in [0.5, 0.6) is 0 Å². The number of hydrogen-bond donors (Lipinski definition) is 5. The van der Waals surface area contributed by atoms with E-state index >= 15 is 0 Å². The highest BCUT2D eigenvalue weighted by Crippen LogP contribution is 2.67. The van der Waals surface area contributed by atoms with E-state index in [0.29, 0.717) is 29.6 Å². The van der Waals surface area contributed by atoms with Crippen LogP contribution >= 0.6 is 0 Å². The zero-order valence-corrected chi connectivity index (χ0v) is 21.3. The van der Waals surface area contributed by atoms with Crippen LogP contribution in [0.2, 0.25) is 0 Å². The first-order chi connectivity index (χ1) is 16.5. The number of carboxylic acid groups (broad SMARTS) is 1. The topological polar surface area (TPSA) is 137 Å². The maximum atomic E-state index is 11.4. The van der Waals surface area contributed by atoms with Gasteiger partial charge >= 0.3 is 5.97 Å². The molecule has 8 heteroatoms. The molecule has 200 valence electrons. The fourth-order valence-corrected chi connectivity index (χ4v) is 9.53. The minimum Gasteiger partial charge on any atom is -0.479 e. The normalized spacial score (nSPS) is 54.9. The first kappa shape index (κ1) is 25.9. The molecule has 4 aliphatic carbocycles. The van der Waals surface area contributed by atoms with Gasteiger partial charge in [0.2, 0.25) is 0 Å². The van der Waals surface area contributed by atoms with Crippen LogP contribution in [0.3, 0.4) is 0 Å².